The van der Waals surface area contributed by atoms with E-state index in [1.807, 2.05) is 31.2 Å². The van der Waals surface area contributed by atoms with Gasteiger partial charge in [0.15, 0.2) is 0 Å². The van der Waals surface area contributed by atoms with Crippen LogP contribution < -0.4 is 9.80 Å². The van der Waals surface area contributed by atoms with Crippen molar-refractivity contribution < 1.29 is 9.59 Å². The summed E-state index contributed by atoms with van der Waals surface area (Å²) in [4.78, 5) is 37.2. The molecule has 2 aliphatic heterocycles. The van der Waals surface area contributed by atoms with Gasteiger partial charge in [-0.1, -0.05) is 23.2 Å². The molecule has 0 unspecified atom stereocenters. The molecule has 5 heterocycles. The van der Waals surface area contributed by atoms with E-state index in [1.54, 1.807) is 65.0 Å². The van der Waals surface area contributed by atoms with Gasteiger partial charge >= 0.3 is 0 Å². The Morgan fingerprint density at radius 2 is 1.30 bits per heavy atom. The minimum absolute atomic E-state index is 0.00202. The highest BCUT2D eigenvalue weighted by molar-refractivity contribution is 9.10. The molecule has 2 aliphatic rings. The lowest BCUT2D eigenvalue weighted by Gasteiger charge is -2.28. The number of aromatic amines is 1. The maximum atomic E-state index is 12.8. The van der Waals surface area contributed by atoms with E-state index in [9.17, 15) is 9.59 Å². The molecule has 0 fully saturated rings. The monoisotopic (exact) mass is 674 g/mol. The van der Waals surface area contributed by atoms with Crippen LogP contribution in [-0.2, 0) is 12.8 Å². The van der Waals surface area contributed by atoms with Crippen LogP contribution in [0.5, 0.6) is 0 Å². The van der Waals surface area contributed by atoms with Crippen LogP contribution in [0.15, 0.2) is 84.0 Å². The molecule has 0 saturated carbocycles. The molecular formula is C32H25BrCl2N6O2. The second-order valence-corrected chi connectivity index (χ2v) is 12.0. The van der Waals surface area contributed by atoms with Crippen LogP contribution in [0.1, 0.15) is 37.4 Å². The SMILES string of the molecule is Cc1cn[nH]c1-c1cncc(N2CCc3cc(Cl)ccc3C2=O)c1.O=C1c2ccc(Cl)cc2CCN1c1cncc(Br)c1. The average molecular weight is 676 g/mol. The Morgan fingerprint density at radius 1 is 0.744 bits per heavy atom. The Kier molecular flexibility index (Phi) is 8.30. The Labute approximate surface area is 266 Å². The Bertz CT molecular complexity index is 1860. The minimum atomic E-state index is -0.0202. The first-order valence-corrected chi connectivity index (χ1v) is 15.1. The molecule has 0 bridgehead atoms. The summed E-state index contributed by atoms with van der Waals surface area (Å²) in [6, 6.07) is 14.7. The summed E-state index contributed by atoms with van der Waals surface area (Å²) in [5, 5.41) is 8.36. The van der Waals surface area contributed by atoms with Gasteiger partial charge in [0, 0.05) is 56.7 Å². The van der Waals surface area contributed by atoms with Crippen molar-refractivity contribution >= 4 is 62.3 Å². The molecule has 43 heavy (non-hydrogen) atoms. The summed E-state index contributed by atoms with van der Waals surface area (Å²) in [7, 11) is 0. The second-order valence-electron chi connectivity index (χ2n) is 10.2. The number of amides is 2. The molecule has 7 rings (SSSR count). The second kappa shape index (κ2) is 12.3. The summed E-state index contributed by atoms with van der Waals surface area (Å²) in [5.41, 5.74) is 7.89. The predicted molar refractivity (Wildman–Crippen MR) is 172 cm³/mol. The largest absolute Gasteiger partial charge is 0.306 e. The summed E-state index contributed by atoms with van der Waals surface area (Å²) in [6.45, 7) is 3.24. The van der Waals surface area contributed by atoms with E-state index >= 15 is 0 Å². The number of hydrogen-bond donors (Lipinski definition) is 1. The van der Waals surface area contributed by atoms with Crippen molar-refractivity contribution in [2.75, 3.05) is 22.9 Å². The summed E-state index contributed by atoms with van der Waals surface area (Å²) in [6.07, 6.45) is 10.2. The highest BCUT2D eigenvalue weighted by atomic mass is 79.9. The van der Waals surface area contributed by atoms with Gasteiger partial charge in [0.1, 0.15) is 0 Å². The average Bonchev–Trinajstić information content (AvgIpc) is 3.43. The first-order chi connectivity index (χ1) is 20.8. The minimum Gasteiger partial charge on any atom is -0.306 e. The molecule has 3 aromatic heterocycles. The van der Waals surface area contributed by atoms with Gasteiger partial charge in [0.25, 0.3) is 11.8 Å². The third-order valence-corrected chi connectivity index (χ3v) is 8.35. The zero-order valence-electron chi connectivity index (χ0n) is 23.0. The molecule has 0 aliphatic carbocycles. The van der Waals surface area contributed by atoms with Crippen LogP contribution in [0.2, 0.25) is 10.0 Å². The van der Waals surface area contributed by atoms with Gasteiger partial charge in [-0.05, 0) is 101 Å². The van der Waals surface area contributed by atoms with Crippen molar-refractivity contribution in [2.24, 2.45) is 0 Å². The number of H-pyrrole nitrogens is 1. The van der Waals surface area contributed by atoms with Gasteiger partial charge in [-0.25, -0.2) is 0 Å². The zero-order chi connectivity index (χ0) is 30.1. The van der Waals surface area contributed by atoms with Crippen LogP contribution in [0.25, 0.3) is 11.3 Å². The molecular weight excluding hydrogens is 651 g/mol. The fourth-order valence-corrected chi connectivity index (χ4v) is 6.05. The number of rotatable bonds is 3. The van der Waals surface area contributed by atoms with Gasteiger partial charge in [-0.15, -0.1) is 0 Å². The number of anilines is 2. The molecule has 1 N–H and O–H groups in total. The number of fused-ring (bicyclic) bond motifs is 2. The Hall–Kier alpha value is -4.05. The number of halogens is 3. The molecule has 0 radical (unpaired) electrons. The third-order valence-electron chi connectivity index (χ3n) is 7.45. The molecule has 216 valence electrons. The lowest BCUT2D eigenvalue weighted by atomic mass is 9.98. The lowest BCUT2D eigenvalue weighted by molar-refractivity contribution is 0.0972. The van der Waals surface area contributed by atoms with E-state index in [1.165, 1.54) is 0 Å². The Balaban J connectivity index is 0.000000157. The maximum Gasteiger partial charge on any atom is 0.258 e. The van der Waals surface area contributed by atoms with Crippen molar-refractivity contribution in [3.63, 3.8) is 0 Å². The Morgan fingerprint density at radius 3 is 1.84 bits per heavy atom. The summed E-state index contributed by atoms with van der Waals surface area (Å²) >= 11 is 15.4. The molecule has 0 saturated heterocycles. The smallest absolute Gasteiger partial charge is 0.258 e. The number of aryl methyl sites for hydroxylation is 1. The highest BCUT2D eigenvalue weighted by Crippen LogP contribution is 2.30. The van der Waals surface area contributed by atoms with E-state index in [2.05, 4.69) is 36.1 Å². The number of hydrogen-bond acceptors (Lipinski definition) is 5. The van der Waals surface area contributed by atoms with Gasteiger partial charge < -0.3 is 9.80 Å². The normalized spacial score (nSPS) is 14.1. The van der Waals surface area contributed by atoms with Crippen molar-refractivity contribution in [3.05, 3.63) is 122 Å². The molecule has 11 heteroatoms. The molecule has 0 spiro atoms. The summed E-state index contributed by atoms with van der Waals surface area (Å²) in [5.74, 6) is -0.0222. The van der Waals surface area contributed by atoms with Crippen LogP contribution in [0, 0.1) is 6.92 Å². The van der Waals surface area contributed by atoms with E-state index in [-0.39, 0.29) is 11.8 Å². The van der Waals surface area contributed by atoms with Gasteiger partial charge in [-0.2, -0.15) is 5.10 Å². The van der Waals surface area contributed by atoms with Crippen LogP contribution >= 0.6 is 39.1 Å². The van der Waals surface area contributed by atoms with E-state index in [0.717, 1.165) is 62.2 Å². The van der Waals surface area contributed by atoms with Crippen molar-refractivity contribution in [1.82, 2.24) is 20.2 Å². The quantitative estimate of drug-likeness (QED) is 0.216. The predicted octanol–water partition coefficient (Wildman–Crippen LogP) is 7.34. The number of nitrogens with one attached hydrogen (secondary N) is 1. The summed E-state index contributed by atoms with van der Waals surface area (Å²) < 4.78 is 0.861. The van der Waals surface area contributed by atoms with Crippen LogP contribution in [0.4, 0.5) is 11.4 Å². The van der Waals surface area contributed by atoms with E-state index < -0.39 is 0 Å². The fraction of sp³-hybridized carbons (Fsp3) is 0.156. The number of aromatic nitrogens is 4. The van der Waals surface area contributed by atoms with E-state index in [0.29, 0.717) is 28.7 Å². The van der Waals surface area contributed by atoms with Crippen LogP contribution in [0.3, 0.4) is 0 Å². The highest BCUT2D eigenvalue weighted by Gasteiger charge is 2.27. The van der Waals surface area contributed by atoms with E-state index in [4.69, 9.17) is 23.2 Å². The fourth-order valence-electron chi connectivity index (χ4n) is 5.31. The first kappa shape index (κ1) is 29.0. The van der Waals surface area contributed by atoms with Gasteiger partial charge in [0.05, 0.1) is 35.7 Å². The molecule has 5 aromatic rings. The van der Waals surface area contributed by atoms with Crippen molar-refractivity contribution in [2.45, 2.75) is 19.8 Å². The number of carbonyl (C=O) groups is 2. The first-order valence-electron chi connectivity index (χ1n) is 13.5. The van der Waals surface area contributed by atoms with Crippen molar-refractivity contribution in [1.29, 1.82) is 0 Å². The van der Waals surface area contributed by atoms with Gasteiger partial charge in [0.2, 0.25) is 0 Å². The number of nitrogens with zero attached hydrogens (tertiary/aromatic N) is 5. The third kappa shape index (κ3) is 6.06. The zero-order valence-corrected chi connectivity index (χ0v) is 26.1. The van der Waals surface area contributed by atoms with Crippen molar-refractivity contribution in [3.8, 4) is 11.3 Å². The molecule has 2 amide bonds. The van der Waals surface area contributed by atoms with Crippen LogP contribution in [-0.4, -0.2) is 45.1 Å². The topological polar surface area (TPSA) is 95.1 Å². The number of carbonyl (C=O) groups excluding carboxylic acids is 2. The number of benzene rings is 2. The van der Waals surface area contributed by atoms with Gasteiger partial charge in [-0.3, -0.25) is 24.7 Å². The maximum absolute atomic E-state index is 12.8. The molecule has 8 nitrogen and oxygen atoms in total. The molecule has 2 aromatic carbocycles. The number of pyridine rings is 2. The molecule has 0 atom stereocenters. The lowest BCUT2D eigenvalue weighted by Crippen LogP contribution is -2.37. The standard InChI is InChI=1S/C18H15ClN4O.C14H10BrClN2O/c1-11-8-21-22-17(11)13-7-15(10-20-9-13)23-5-4-12-6-14(19)2-3-16(12)18(23)24;15-10-6-12(8-17-7-10)18-4-3-9-5-11(16)1-2-13(9)14(18)19/h2-3,6-10H,4-5H2,1H3,(H,21,22);1-2,5-8H,3-4H2.